The summed E-state index contributed by atoms with van der Waals surface area (Å²) in [6, 6.07) is 0.143. The fourth-order valence-corrected chi connectivity index (χ4v) is 5.36. The van der Waals surface area contributed by atoms with Gasteiger partial charge in [0.15, 0.2) is 0 Å². The molecule has 2 N–H and O–H groups in total. The summed E-state index contributed by atoms with van der Waals surface area (Å²) in [6.45, 7) is 1.44. The molecule has 106 valence electrons. The molecule has 4 saturated carbocycles. The number of rotatable bonds is 1. The van der Waals surface area contributed by atoms with E-state index in [0.717, 1.165) is 50.0 Å². The fraction of sp³-hybridized carbons (Fsp3) is 0.933. The second kappa shape index (κ2) is 4.11. The number of nitrogens with zero attached hydrogens (tertiary/aromatic N) is 1. The molecule has 4 heteroatoms. The monoisotopic (exact) mass is 264 g/mol. The molecule has 0 aromatic heterocycles. The average molecular weight is 264 g/mol. The first-order chi connectivity index (χ1) is 9.12. The number of nitrogens with two attached hydrogens (primary N) is 1. The van der Waals surface area contributed by atoms with Crippen molar-refractivity contribution < 1.29 is 9.53 Å². The van der Waals surface area contributed by atoms with Crippen LogP contribution in [0.25, 0.3) is 0 Å². The molecule has 0 spiro atoms. The SMILES string of the molecule is NC1CCN(C(=O)OC23CC4CC(CC(C4)C2)C3)C1. The molecule has 0 aromatic rings. The van der Waals surface area contributed by atoms with Crippen molar-refractivity contribution in [3.63, 3.8) is 0 Å². The van der Waals surface area contributed by atoms with Crippen molar-refractivity contribution >= 4 is 6.09 Å². The van der Waals surface area contributed by atoms with Gasteiger partial charge in [0.1, 0.15) is 5.60 Å². The molecule has 0 aromatic carbocycles. The maximum absolute atomic E-state index is 12.3. The molecule has 1 aliphatic heterocycles. The highest BCUT2D eigenvalue weighted by atomic mass is 16.6. The van der Waals surface area contributed by atoms with Gasteiger partial charge in [-0.15, -0.1) is 0 Å². The highest BCUT2D eigenvalue weighted by molar-refractivity contribution is 5.68. The number of carbonyl (C=O) groups is 1. The lowest BCUT2D eigenvalue weighted by Crippen LogP contribution is -2.54. The van der Waals surface area contributed by atoms with Crippen LogP contribution in [-0.2, 0) is 4.74 Å². The van der Waals surface area contributed by atoms with E-state index in [1.54, 1.807) is 0 Å². The lowest BCUT2D eigenvalue weighted by molar-refractivity contribution is -0.132. The smallest absolute Gasteiger partial charge is 0.410 e. The van der Waals surface area contributed by atoms with Crippen LogP contribution in [0.3, 0.4) is 0 Å². The second-order valence-electron chi connectivity index (χ2n) is 7.46. The van der Waals surface area contributed by atoms with E-state index in [1.807, 2.05) is 4.90 Å². The summed E-state index contributed by atoms with van der Waals surface area (Å²) in [6.07, 6.45) is 8.30. The van der Waals surface area contributed by atoms with Gasteiger partial charge in [-0.05, 0) is 62.7 Å². The molecule has 5 aliphatic rings. The van der Waals surface area contributed by atoms with Crippen molar-refractivity contribution in [1.29, 1.82) is 0 Å². The van der Waals surface area contributed by atoms with E-state index in [-0.39, 0.29) is 17.7 Å². The van der Waals surface area contributed by atoms with Gasteiger partial charge in [-0.3, -0.25) is 0 Å². The standard InChI is InChI=1S/C15H24N2O2/c16-13-1-2-17(9-13)14(18)19-15-6-10-3-11(7-15)5-12(4-10)8-15/h10-13H,1-9,16H2. The molecule has 1 amide bonds. The van der Waals surface area contributed by atoms with Crippen molar-refractivity contribution in [3.8, 4) is 0 Å². The third-order valence-corrected chi connectivity index (χ3v) is 5.77. The molecule has 1 saturated heterocycles. The van der Waals surface area contributed by atoms with Crippen LogP contribution in [0.4, 0.5) is 4.79 Å². The number of ether oxygens (including phenoxy) is 1. The van der Waals surface area contributed by atoms with Gasteiger partial charge in [0.25, 0.3) is 0 Å². The molecule has 4 nitrogen and oxygen atoms in total. The summed E-state index contributed by atoms with van der Waals surface area (Å²) < 4.78 is 6.01. The maximum atomic E-state index is 12.3. The van der Waals surface area contributed by atoms with Gasteiger partial charge in [0.05, 0.1) is 0 Å². The van der Waals surface area contributed by atoms with Crippen LogP contribution < -0.4 is 5.73 Å². The first-order valence-electron chi connectivity index (χ1n) is 7.85. The van der Waals surface area contributed by atoms with Gasteiger partial charge in [0.2, 0.25) is 0 Å². The molecule has 1 heterocycles. The van der Waals surface area contributed by atoms with Crippen LogP contribution >= 0.6 is 0 Å². The zero-order chi connectivity index (χ0) is 13.0. The summed E-state index contributed by atoms with van der Waals surface area (Å²) in [5, 5.41) is 0. The van der Waals surface area contributed by atoms with Gasteiger partial charge in [-0.1, -0.05) is 0 Å². The Labute approximate surface area is 114 Å². The van der Waals surface area contributed by atoms with E-state index in [2.05, 4.69) is 0 Å². The largest absolute Gasteiger partial charge is 0.443 e. The van der Waals surface area contributed by atoms with E-state index >= 15 is 0 Å². The number of carbonyl (C=O) groups excluding carboxylic acids is 1. The Hall–Kier alpha value is -0.770. The highest BCUT2D eigenvalue weighted by Crippen LogP contribution is 2.57. The average Bonchev–Trinajstić information content (AvgIpc) is 2.73. The van der Waals surface area contributed by atoms with Gasteiger partial charge in [-0.2, -0.15) is 0 Å². The maximum Gasteiger partial charge on any atom is 0.410 e. The predicted molar refractivity (Wildman–Crippen MR) is 71.5 cm³/mol. The Morgan fingerprint density at radius 2 is 1.68 bits per heavy atom. The Bertz CT molecular complexity index is 360. The van der Waals surface area contributed by atoms with Crippen molar-refractivity contribution in [2.24, 2.45) is 23.5 Å². The zero-order valence-corrected chi connectivity index (χ0v) is 11.5. The van der Waals surface area contributed by atoms with Crippen molar-refractivity contribution in [2.75, 3.05) is 13.1 Å². The third kappa shape index (κ3) is 2.04. The first-order valence-corrected chi connectivity index (χ1v) is 7.85. The molecular weight excluding hydrogens is 240 g/mol. The normalized spacial score (nSPS) is 47.7. The van der Waals surface area contributed by atoms with Crippen LogP contribution in [0, 0.1) is 17.8 Å². The Morgan fingerprint density at radius 3 is 2.16 bits per heavy atom. The van der Waals surface area contributed by atoms with E-state index in [0.29, 0.717) is 6.54 Å². The fourth-order valence-electron chi connectivity index (χ4n) is 5.36. The lowest BCUT2D eigenvalue weighted by Gasteiger charge is -2.55. The topological polar surface area (TPSA) is 55.6 Å². The molecular formula is C15H24N2O2. The second-order valence-corrected chi connectivity index (χ2v) is 7.46. The molecule has 1 unspecified atom stereocenters. The molecule has 1 atom stereocenters. The Balaban J connectivity index is 1.46. The van der Waals surface area contributed by atoms with Crippen LogP contribution in [-0.4, -0.2) is 35.7 Å². The van der Waals surface area contributed by atoms with Crippen molar-refractivity contribution in [2.45, 2.75) is 56.6 Å². The quantitative estimate of drug-likeness (QED) is 0.789. The van der Waals surface area contributed by atoms with E-state index in [1.165, 1.54) is 19.3 Å². The number of hydrogen-bond donors (Lipinski definition) is 1. The third-order valence-electron chi connectivity index (χ3n) is 5.77. The minimum atomic E-state index is -0.113. The molecule has 0 radical (unpaired) electrons. The molecule has 19 heavy (non-hydrogen) atoms. The first kappa shape index (κ1) is 12.0. The summed E-state index contributed by atoms with van der Waals surface area (Å²) in [5.74, 6) is 2.46. The van der Waals surface area contributed by atoms with Crippen molar-refractivity contribution in [1.82, 2.24) is 4.90 Å². The number of likely N-dealkylation sites (tertiary alicyclic amines) is 1. The molecule has 5 fully saturated rings. The molecule has 4 aliphatic carbocycles. The number of amides is 1. The Kier molecular flexibility index (Phi) is 2.60. The van der Waals surface area contributed by atoms with Gasteiger partial charge < -0.3 is 15.4 Å². The summed E-state index contributed by atoms with van der Waals surface area (Å²) in [7, 11) is 0. The van der Waals surface area contributed by atoms with E-state index in [4.69, 9.17) is 10.5 Å². The molecule has 5 rings (SSSR count). The van der Waals surface area contributed by atoms with Gasteiger partial charge in [-0.25, -0.2) is 4.79 Å². The molecule has 4 bridgehead atoms. The summed E-state index contributed by atoms with van der Waals surface area (Å²) in [4.78, 5) is 14.1. The minimum absolute atomic E-state index is 0.102. The van der Waals surface area contributed by atoms with Crippen LogP contribution in [0.1, 0.15) is 44.9 Å². The van der Waals surface area contributed by atoms with Crippen LogP contribution in [0.2, 0.25) is 0 Å². The van der Waals surface area contributed by atoms with Gasteiger partial charge >= 0.3 is 6.09 Å². The van der Waals surface area contributed by atoms with Gasteiger partial charge in [0, 0.05) is 19.1 Å². The number of hydrogen-bond acceptors (Lipinski definition) is 3. The predicted octanol–water partition coefficient (Wildman–Crippen LogP) is 2.12. The van der Waals surface area contributed by atoms with Crippen molar-refractivity contribution in [3.05, 3.63) is 0 Å². The van der Waals surface area contributed by atoms with E-state index < -0.39 is 0 Å². The van der Waals surface area contributed by atoms with E-state index in [9.17, 15) is 4.79 Å². The van der Waals surface area contributed by atoms with Crippen LogP contribution in [0.15, 0.2) is 0 Å². The zero-order valence-electron chi connectivity index (χ0n) is 11.5. The highest BCUT2D eigenvalue weighted by Gasteiger charge is 2.53. The summed E-state index contributed by atoms with van der Waals surface area (Å²) in [5.41, 5.74) is 5.76. The Morgan fingerprint density at radius 1 is 1.11 bits per heavy atom. The minimum Gasteiger partial charge on any atom is -0.443 e. The van der Waals surface area contributed by atoms with Crippen LogP contribution in [0.5, 0.6) is 0 Å². The summed E-state index contributed by atoms with van der Waals surface area (Å²) >= 11 is 0. The lowest BCUT2D eigenvalue weighted by atomic mass is 9.54.